The summed E-state index contributed by atoms with van der Waals surface area (Å²) in [7, 11) is 0. The number of hydrogen-bond acceptors (Lipinski definition) is 1. The molecule has 0 heterocycles. The van der Waals surface area contributed by atoms with E-state index in [9.17, 15) is 0 Å². The number of hydrogen-bond donors (Lipinski definition) is 1. The van der Waals surface area contributed by atoms with E-state index >= 15 is 0 Å². The van der Waals surface area contributed by atoms with Crippen molar-refractivity contribution in [2.75, 3.05) is 6.54 Å². The van der Waals surface area contributed by atoms with E-state index in [2.05, 4.69) is 24.4 Å². The smallest absolute Gasteiger partial charge is 0.00683 e. The van der Waals surface area contributed by atoms with Crippen LogP contribution in [-0.4, -0.2) is 12.6 Å². The fourth-order valence-electron chi connectivity index (χ4n) is 2.43. The van der Waals surface area contributed by atoms with Crippen molar-refractivity contribution in [2.45, 2.75) is 57.9 Å². The van der Waals surface area contributed by atoms with E-state index in [1.54, 1.807) is 0 Å². The Morgan fingerprint density at radius 2 is 1.80 bits per heavy atom. The van der Waals surface area contributed by atoms with Gasteiger partial charge in [-0.15, -0.1) is 0 Å². The third-order valence-corrected chi connectivity index (χ3v) is 3.79. The van der Waals surface area contributed by atoms with Gasteiger partial charge < -0.3 is 5.32 Å². The molecule has 0 atom stereocenters. The molecule has 15 heavy (non-hydrogen) atoms. The standard InChI is InChI=1S/C14H25N/c1-12-5-7-13(8-6-12)4-2-3-11-15-14-9-10-14/h2,4,12-15H,3,5-11H2,1H3. The summed E-state index contributed by atoms with van der Waals surface area (Å²) in [5.74, 6) is 1.87. The van der Waals surface area contributed by atoms with Crippen LogP contribution in [0.25, 0.3) is 0 Å². The van der Waals surface area contributed by atoms with E-state index in [0.29, 0.717) is 0 Å². The molecule has 0 radical (unpaired) electrons. The number of rotatable bonds is 5. The second-order valence-corrected chi connectivity index (χ2v) is 5.47. The van der Waals surface area contributed by atoms with E-state index < -0.39 is 0 Å². The summed E-state index contributed by atoms with van der Waals surface area (Å²) in [6.07, 6.45) is 14.6. The Morgan fingerprint density at radius 1 is 1.07 bits per heavy atom. The van der Waals surface area contributed by atoms with Crippen molar-refractivity contribution in [2.24, 2.45) is 11.8 Å². The SMILES string of the molecule is CC1CCC(C=CCCNC2CC2)CC1. The fourth-order valence-corrected chi connectivity index (χ4v) is 2.43. The molecule has 2 aliphatic rings. The molecule has 0 aromatic heterocycles. The molecule has 0 amide bonds. The third kappa shape index (κ3) is 4.38. The van der Waals surface area contributed by atoms with Crippen molar-refractivity contribution >= 4 is 0 Å². The van der Waals surface area contributed by atoms with Crippen LogP contribution in [0.4, 0.5) is 0 Å². The molecule has 86 valence electrons. The van der Waals surface area contributed by atoms with Crippen LogP contribution in [-0.2, 0) is 0 Å². The Morgan fingerprint density at radius 3 is 2.47 bits per heavy atom. The lowest BCUT2D eigenvalue weighted by molar-refractivity contribution is 0.330. The molecule has 0 bridgehead atoms. The van der Waals surface area contributed by atoms with Crippen LogP contribution < -0.4 is 5.32 Å². The number of nitrogens with one attached hydrogen (secondary N) is 1. The molecule has 2 fully saturated rings. The van der Waals surface area contributed by atoms with Gasteiger partial charge in [0, 0.05) is 6.04 Å². The average molecular weight is 207 g/mol. The normalized spacial score (nSPS) is 32.3. The van der Waals surface area contributed by atoms with Gasteiger partial charge in [0.2, 0.25) is 0 Å². The zero-order chi connectivity index (χ0) is 10.5. The van der Waals surface area contributed by atoms with E-state index in [-0.39, 0.29) is 0 Å². The first-order valence-electron chi connectivity index (χ1n) is 6.74. The lowest BCUT2D eigenvalue weighted by atomic mass is 9.83. The van der Waals surface area contributed by atoms with Crippen molar-refractivity contribution in [1.82, 2.24) is 5.32 Å². The Hall–Kier alpha value is -0.300. The second kappa shape index (κ2) is 5.69. The Balaban J connectivity index is 1.52. The molecule has 1 nitrogen and oxygen atoms in total. The van der Waals surface area contributed by atoms with Gasteiger partial charge in [0.25, 0.3) is 0 Å². The first-order chi connectivity index (χ1) is 7.34. The van der Waals surface area contributed by atoms with Crippen LogP contribution >= 0.6 is 0 Å². The van der Waals surface area contributed by atoms with E-state index in [1.165, 1.54) is 51.5 Å². The van der Waals surface area contributed by atoms with Crippen LogP contribution in [0.15, 0.2) is 12.2 Å². The van der Waals surface area contributed by atoms with Crippen LogP contribution in [0, 0.1) is 11.8 Å². The van der Waals surface area contributed by atoms with Gasteiger partial charge in [-0.2, -0.15) is 0 Å². The van der Waals surface area contributed by atoms with Crippen molar-refractivity contribution in [3.8, 4) is 0 Å². The molecule has 2 saturated carbocycles. The molecule has 0 aromatic carbocycles. The highest BCUT2D eigenvalue weighted by atomic mass is 14.9. The van der Waals surface area contributed by atoms with Gasteiger partial charge in [0.05, 0.1) is 0 Å². The van der Waals surface area contributed by atoms with Crippen LogP contribution in [0.5, 0.6) is 0 Å². The maximum Gasteiger partial charge on any atom is 0.00683 e. The third-order valence-electron chi connectivity index (χ3n) is 3.79. The summed E-state index contributed by atoms with van der Waals surface area (Å²) in [5.41, 5.74) is 0. The van der Waals surface area contributed by atoms with Gasteiger partial charge >= 0.3 is 0 Å². The highest BCUT2D eigenvalue weighted by molar-refractivity contribution is 4.91. The molecular formula is C14H25N. The fraction of sp³-hybridized carbons (Fsp3) is 0.857. The van der Waals surface area contributed by atoms with Crippen molar-refractivity contribution in [3.05, 3.63) is 12.2 Å². The Kier molecular flexibility index (Phi) is 4.25. The molecule has 0 unspecified atom stereocenters. The van der Waals surface area contributed by atoms with Crippen molar-refractivity contribution in [1.29, 1.82) is 0 Å². The first-order valence-corrected chi connectivity index (χ1v) is 6.74. The summed E-state index contributed by atoms with van der Waals surface area (Å²) < 4.78 is 0. The van der Waals surface area contributed by atoms with E-state index in [0.717, 1.165) is 17.9 Å². The molecular weight excluding hydrogens is 182 g/mol. The molecule has 0 spiro atoms. The molecule has 2 aliphatic carbocycles. The lowest BCUT2D eigenvalue weighted by Crippen LogP contribution is -2.16. The minimum Gasteiger partial charge on any atom is -0.314 e. The summed E-state index contributed by atoms with van der Waals surface area (Å²) in [6, 6.07) is 0.869. The summed E-state index contributed by atoms with van der Waals surface area (Å²) >= 11 is 0. The first kappa shape index (κ1) is 11.2. The zero-order valence-corrected chi connectivity index (χ0v) is 10.0. The highest BCUT2D eigenvalue weighted by Crippen LogP contribution is 2.29. The van der Waals surface area contributed by atoms with Crippen LogP contribution in [0.3, 0.4) is 0 Å². The summed E-state index contributed by atoms with van der Waals surface area (Å²) in [5, 5.41) is 3.55. The maximum atomic E-state index is 3.55. The maximum absolute atomic E-state index is 3.55. The summed E-state index contributed by atoms with van der Waals surface area (Å²) in [4.78, 5) is 0. The quantitative estimate of drug-likeness (QED) is 0.537. The highest BCUT2D eigenvalue weighted by Gasteiger charge is 2.19. The largest absolute Gasteiger partial charge is 0.314 e. The minimum atomic E-state index is 0.869. The van der Waals surface area contributed by atoms with Gasteiger partial charge in [-0.05, 0) is 50.5 Å². The predicted molar refractivity (Wildman–Crippen MR) is 65.9 cm³/mol. The molecule has 1 heteroatoms. The molecule has 0 aromatic rings. The predicted octanol–water partition coefficient (Wildman–Crippen LogP) is 3.51. The van der Waals surface area contributed by atoms with Gasteiger partial charge in [0.15, 0.2) is 0 Å². The van der Waals surface area contributed by atoms with Crippen LogP contribution in [0.2, 0.25) is 0 Å². The summed E-state index contributed by atoms with van der Waals surface area (Å²) in [6.45, 7) is 3.57. The van der Waals surface area contributed by atoms with E-state index in [4.69, 9.17) is 0 Å². The molecule has 2 rings (SSSR count). The van der Waals surface area contributed by atoms with Gasteiger partial charge in [-0.1, -0.05) is 31.9 Å². The van der Waals surface area contributed by atoms with Crippen molar-refractivity contribution < 1.29 is 0 Å². The van der Waals surface area contributed by atoms with E-state index in [1.807, 2.05) is 0 Å². The van der Waals surface area contributed by atoms with Crippen LogP contribution in [0.1, 0.15) is 51.9 Å². The van der Waals surface area contributed by atoms with Gasteiger partial charge in [-0.3, -0.25) is 0 Å². The Labute approximate surface area is 94.3 Å². The monoisotopic (exact) mass is 207 g/mol. The number of allylic oxidation sites excluding steroid dienone is 1. The minimum absolute atomic E-state index is 0.869. The van der Waals surface area contributed by atoms with Crippen molar-refractivity contribution in [3.63, 3.8) is 0 Å². The average Bonchev–Trinajstić information content (AvgIpc) is 3.04. The molecule has 0 aliphatic heterocycles. The van der Waals surface area contributed by atoms with Gasteiger partial charge in [-0.25, -0.2) is 0 Å². The topological polar surface area (TPSA) is 12.0 Å². The second-order valence-electron chi connectivity index (χ2n) is 5.47. The molecule has 1 N–H and O–H groups in total. The zero-order valence-electron chi connectivity index (χ0n) is 10.0. The Bertz CT molecular complexity index is 197. The lowest BCUT2D eigenvalue weighted by Gasteiger charge is -2.23. The molecule has 0 saturated heterocycles. The van der Waals surface area contributed by atoms with Gasteiger partial charge in [0.1, 0.15) is 0 Å².